The van der Waals surface area contributed by atoms with Gasteiger partial charge in [0.2, 0.25) is 0 Å². The molecule has 0 saturated heterocycles. The highest BCUT2D eigenvalue weighted by Gasteiger charge is 2.27. The fourth-order valence-corrected chi connectivity index (χ4v) is 3.21. The van der Waals surface area contributed by atoms with Gasteiger partial charge in [0, 0.05) is 23.2 Å². The van der Waals surface area contributed by atoms with Gasteiger partial charge < -0.3 is 14.8 Å². The summed E-state index contributed by atoms with van der Waals surface area (Å²) in [5.41, 5.74) is 5.83. The van der Waals surface area contributed by atoms with Crippen molar-refractivity contribution in [3.63, 3.8) is 0 Å². The molecule has 1 heterocycles. The molecule has 2 aromatic rings. The minimum absolute atomic E-state index is 0.739. The van der Waals surface area contributed by atoms with Crippen LogP contribution in [0.25, 0.3) is 11.3 Å². The fraction of sp³-hybridized carbons (Fsp3) is 0.278. The van der Waals surface area contributed by atoms with Crippen LogP contribution in [0.3, 0.4) is 0 Å². The Morgan fingerprint density at radius 1 is 1.17 bits per heavy atom. The second-order valence-corrected chi connectivity index (χ2v) is 5.75. The number of methoxy groups -OCH3 is 2. The number of aromatic amines is 1. The van der Waals surface area contributed by atoms with Gasteiger partial charge in [-0.3, -0.25) is 5.10 Å². The Kier molecular flexibility index (Phi) is 3.33. The van der Waals surface area contributed by atoms with E-state index in [9.17, 15) is 0 Å². The molecule has 1 aromatic heterocycles. The summed E-state index contributed by atoms with van der Waals surface area (Å²) in [5, 5.41) is 11.1. The quantitative estimate of drug-likeness (QED) is 0.772. The van der Waals surface area contributed by atoms with Crippen LogP contribution in [0.1, 0.15) is 24.0 Å². The third-order valence-corrected chi connectivity index (χ3v) is 4.41. The van der Waals surface area contributed by atoms with Crippen LogP contribution in [0.4, 0.5) is 5.82 Å². The number of nitrogens with one attached hydrogen (secondary N) is 2. The molecule has 0 radical (unpaired) electrons. The molecule has 5 nitrogen and oxygen atoms in total. The van der Waals surface area contributed by atoms with Gasteiger partial charge in [0.25, 0.3) is 0 Å². The number of rotatable bonds is 4. The zero-order valence-electron chi connectivity index (χ0n) is 13.3. The summed E-state index contributed by atoms with van der Waals surface area (Å²) in [7, 11) is 3.32. The zero-order chi connectivity index (χ0) is 15.8. The van der Waals surface area contributed by atoms with E-state index >= 15 is 0 Å². The minimum Gasteiger partial charge on any atom is -0.493 e. The number of allylic oxidation sites excluding steroid dienone is 4. The molecule has 0 saturated carbocycles. The van der Waals surface area contributed by atoms with Crippen molar-refractivity contribution in [1.82, 2.24) is 10.2 Å². The molecule has 0 spiro atoms. The van der Waals surface area contributed by atoms with Gasteiger partial charge >= 0.3 is 0 Å². The first-order valence-electron chi connectivity index (χ1n) is 7.75. The number of anilines is 1. The van der Waals surface area contributed by atoms with Crippen LogP contribution in [0.5, 0.6) is 11.5 Å². The van der Waals surface area contributed by atoms with Gasteiger partial charge in [-0.1, -0.05) is 12.2 Å². The summed E-state index contributed by atoms with van der Waals surface area (Å²) in [4.78, 5) is 0. The number of nitrogens with zero attached hydrogens (tertiary/aromatic N) is 1. The van der Waals surface area contributed by atoms with E-state index in [4.69, 9.17) is 9.47 Å². The number of fused-ring (bicyclic) bond motifs is 3. The molecule has 2 aliphatic carbocycles. The zero-order valence-corrected chi connectivity index (χ0v) is 13.3. The molecule has 0 atom stereocenters. The lowest BCUT2D eigenvalue weighted by molar-refractivity contribution is 0.355. The Hall–Kier alpha value is -2.69. The monoisotopic (exact) mass is 309 g/mol. The number of hydrogen-bond donors (Lipinski definition) is 2. The maximum absolute atomic E-state index is 5.41. The van der Waals surface area contributed by atoms with Crippen molar-refractivity contribution in [3.8, 4) is 22.8 Å². The first-order valence-corrected chi connectivity index (χ1v) is 7.75. The van der Waals surface area contributed by atoms with Crippen molar-refractivity contribution >= 4 is 5.82 Å². The SMILES string of the molecule is COc1cc2c(cc1OC)-c1[nH]nc(NC3=CC=CCC3)c1C2. The van der Waals surface area contributed by atoms with Crippen LogP contribution in [-0.2, 0) is 6.42 Å². The lowest BCUT2D eigenvalue weighted by Gasteiger charge is -2.11. The normalized spacial score (nSPS) is 15.0. The van der Waals surface area contributed by atoms with E-state index < -0.39 is 0 Å². The van der Waals surface area contributed by atoms with Crippen molar-refractivity contribution < 1.29 is 9.47 Å². The van der Waals surface area contributed by atoms with Gasteiger partial charge in [-0.25, -0.2) is 0 Å². The molecule has 4 rings (SSSR count). The second kappa shape index (κ2) is 5.50. The maximum atomic E-state index is 5.41. The molecule has 2 aliphatic rings. The molecular weight excluding hydrogens is 290 g/mol. The van der Waals surface area contributed by atoms with Gasteiger partial charge in [0.1, 0.15) is 0 Å². The Balaban J connectivity index is 1.69. The molecule has 118 valence electrons. The Morgan fingerprint density at radius 2 is 2.00 bits per heavy atom. The smallest absolute Gasteiger partial charge is 0.161 e. The number of hydrogen-bond acceptors (Lipinski definition) is 4. The first-order chi connectivity index (χ1) is 11.3. The van der Waals surface area contributed by atoms with Gasteiger partial charge in [-0.15, -0.1) is 0 Å². The number of benzene rings is 1. The van der Waals surface area contributed by atoms with Crippen molar-refractivity contribution in [2.75, 3.05) is 19.5 Å². The van der Waals surface area contributed by atoms with Gasteiger partial charge in [-0.05, 0) is 36.6 Å². The number of aromatic nitrogens is 2. The lowest BCUT2D eigenvalue weighted by Crippen LogP contribution is -2.03. The van der Waals surface area contributed by atoms with Crippen molar-refractivity contribution in [2.24, 2.45) is 0 Å². The molecule has 0 fully saturated rings. The van der Waals surface area contributed by atoms with Crippen LogP contribution in [-0.4, -0.2) is 24.4 Å². The second-order valence-electron chi connectivity index (χ2n) is 5.75. The van der Waals surface area contributed by atoms with Crippen LogP contribution in [0.15, 0.2) is 36.1 Å². The average Bonchev–Trinajstić information content (AvgIpc) is 3.14. The highest BCUT2D eigenvalue weighted by molar-refractivity contribution is 5.80. The third kappa shape index (κ3) is 2.29. The van der Waals surface area contributed by atoms with Crippen LogP contribution < -0.4 is 14.8 Å². The molecule has 0 bridgehead atoms. The number of ether oxygens (including phenoxy) is 2. The number of H-pyrrole nitrogens is 1. The Labute approximate surface area is 135 Å². The Bertz CT molecular complexity index is 818. The summed E-state index contributed by atoms with van der Waals surface area (Å²) < 4.78 is 10.8. The van der Waals surface area contributed by atoms with E-state index in [0.717, 1.165) is 47.8 Å². The van der Waals surface area contributed by atoms with E-state index in [0.29, 0.717) is 0 Å². The molecular formula is C18H19N3O2. The minimum atomic E-state index is 0.739. The van der Waals surface area contributed by atoms with E-state index in [-0.39, 0.29) is 0 Å². The van der Waals surface area contributed by atoms with Crippen LogP contribution in [0.2, 0.25) is 0 Å². The molecule has 23 heavy (non-hydrogen) atoms. The van der Waals surface area contributed by atoms with E-state index in [1.54, 1.807) is 14.2 Å². The summed E-state index contributed by atoms with van der Waals surface area (Å²) in [6, 6.07) is 4.07. The molecule has 2 N–H and O–H groups in total. The summed E-state index contributed by atoms with van der Waals surface area (Å²) in [6.45, 7) is 0. The van der Waals surface area contributed by atoms with E-state index in [1.165, 1.54) is 16.8 Å². The average molecular weight is 309 g/mol. The summed E-state index contributed by atoms with van der Waals surface area (Å²) >= 11 is 0. The van der Waals surface area contributed by atoms with Crippen LogP contribution >= 0.6 is 0 Å². The summed E-state index contributed by atoms with van der Waals surface area (Å²) in [6.07, 6.45) is 9.30. The van der Waals surface area contributed by atoms with Gasteiger partial charge in [0.05, 0.1) is 19.9 Å². The molecule has 5 heteroatoms. The predicted octanol–water partition coefficient (Wildman–Crippen LogP) is 3.64. The van der Waals surface area contributed by atoms with Crippen molar-refractivity contribution in [1.29, 1.82) is 0 Å². The maximum Gasteiger partial charge on any atom is 0.161 e. The summed E-state index contributed by atoms with van der Waals surface area (Å²) in [5.74, 6) is 2.41. The highest BCUT2D eigenvalue weighted by Crippen LogP contribution is 2.44. The van der Waals surface area contributed by atoms with Crippen LogP contribution in [0, 0.1) is 0 Å². The van der Waals surface area contributed by atoms with Gasteiger partial charge in [0.15, 0.2) is 17.3 Å². The fourth-order valence-electron chi connectivity index (χ4n) is 3.21. The topological polar surface area (TPSA) is 59.2 Å². The van der Waals surface area contributed by atoms with Gasteiger partial charge in [-0.2, -0.15) is 5.10 Å². The first kappa shape index (κ1) is 13.9. The largest absolute Gasteiger partial charge is 0.493 e. The standard InChI is InChI=1S/C18H19N3O2/c1-22-15-9-11-8-14-17(13(11)10-16(15)23-2)20-21-18(14)19-12-6-4-3-5-7-12/h3-4,6,9-10H,5,7-8H2,1-2H3,(H2,19,20,21). The Morgan fingerprint density at radius 3 is 2.74 bits per heavy atom. The predicted molar refractivity (Wildman–Crippen MR) is 90.0 cm³/mol. The molecule has 0 amide bonds. The molecule has 0 aliphatic heterocycles. The van der Waals surface area contributed by atoms with Crippen molar-refractivity contribution in [3.05, 3.63) is 47.2 Å². The third-order valence-electron chi connectivity index (χ3n) is 4.41. The van der Waals surface area contributed by atoms with Crippen molar-refractivity contribution in [2.45, 2.75) is 19.3 Å². The van der Waals surface area contributed by atoms with E-state index in [1.807, 2.05) is 6.07 Å². The van der Waals surface area contributed by atoms with E-state index in [2.05, 4.69) is 39.8 Å². The highest BCUT2D eigenvalue weighted by atomic mass is 16.5. The molecule has 0 unspecified atom stereocenters. The molecule has 1 aromatic carbocycles. The lowest BCUT2D eigenvalue weighted by atomic mass is 10.1.